The molecule has 0 amide bonds. The molecule has 0 aliphatic heterocycles. The SMILES string of the molecule is Nc1ccc2cc(-c3cc[nH]n3)[nH]c2c1. The molecule has 0 radical (unpaired) electrons. The van der Waals surface area contributed by atoms with Gasteiger partial charge in [0.05, 0.1) is 5.69 Å². The highest BCUT2D eigenvalue weighted by Crippen LogP contribution is 2.23. The minimum Gasteiger partial charge on any atom is -0.399 e. The maximum Gasteiger partial charge on any atom is 0.108 e. The number of hydrogen-bond acceptors (Lipinski definition) is 2. The Labute approximate surface area is 86.1 Å². The van der Waals surface area contributed by atoms with Crippen molar-refractivity contribution in [2.24, 2.45) is 0 Å². The fourth-order valence-corrected chi connectivity index (χ4v) is 1.69. The first kappa shape index (κ1) is 8.11. The second-order valence-electron chi connectivity index (χ2n) is 3.49. The summed E-state index contributed by atoms with van der Waals surface area (Å²) in [4.78, 5) is 3.28. The average Bonchev–Trinajstić information content (AvgIpc) is 2.84. The molecule has 3 aromatic rings. The van der Waals surface area contributed by atoms with Crippen LogP contribution in [0.4, 0.5) is 5.69 Å². The monoisotopic (exact) mass is 198 g/mol. The van der Waals surface area contributed by atoms with Crippen LogP contribution < -0.4 is 5.73 Å². The summed E-state index contributed by atoms with van der Waals surface area (Å²) in [5.74, 6) is 0. The van der Waals surface area contributed by atoms with Gasteiger partial charge in [-0.3, -0.25) is 5.10 Å². The minimum absolute atomic E-state index is 0.762. The van der Waals surface area contributed by atoms with Crippen LogP contribution in [0, 0.1) is 0 Å². The molecule has 3 rings (SSSR count). The van der Waals surface area contributed by atoms with E-state index in [2.05, 4.69) is 21.2 Å². The zero-order valence-corrected chi connectivity index (χ0v) is 7.99. The average molecular weight is 198 g/mol. The van der Waals surface area contributed by atoms with E-state index in [4.69, 9.17) is 5.73 Å². The van der Waals surface area contributed by atoms with Crippen molar-refractivity contribution >= 4 is 16.6 Å². The summed E-state index contributed by atoms with van der Waals surface area (Å²) in [6, 6.07) is 9.80. The number of nitrogens with one attached hydrogen (secondary N) is 2. The number of rotatable bonds is 1. The second-order valence-corrected chi connectivity index (χ2v) is 3.49. The number of anilines is 1. The van der Waals surface area contributed by atoms with E-state index in [1.54, 1.807) is 6.20 Å². The van der Waals surface area contributed by atoms with Crippen LogP contribution in [0.5, 0.6) is 0 Å². The van der Waals surface area contributed by atoms with E-state index < -0.39 is 0 Å². The molecule has 2 aromatic heterocycles. The summed E-state index contributed by atoms with van der Waals surface area (Å²) in [6.07, 6.45) is 1.80. The third-order valence-electron chi connectivity index (χ3n) is 2.42. The number of H-pyrrole nitrogens is 2. The molecule has 2 heterocycles. The zero-order chi connectivity index (χ0) is 10.3. The van der Waals surface area contributed by atoms with Crippen molar-refractivity contribution in [1.29, 1.82) is 0 Å². The van der Waals surface area contributed by atoms with Crippen LogP contribution in [0.15, 0.2) is 36.5 Å². The van der Waals surface area contributed by atoms with Gasteiger partial charge in [-0.15, -0.1) is 0 Å². The molecule has 0 saturated carbocycles. The Morgan fingerprint density at radius 2 is 2.07 bits per heavy atom. The van der Waals surface area contributed by atoms with E-state index in [9.17, 15) is 0 Å². The molecule has 4 N–H and O–H groups in total. The summed E-state index contributed by atoms with van der Waals surface area (Å²) < 4.78 is 0. The van der Waals surface area contributed by atoms with E-state index in [0.29, 0.717) is 0 Å². The van der Waals surface area contributed by atoms with Crippen molar-refractivity contribution in [3.05, 3.63) is 36.5 Å². The molecule has 15 heavy (non-hydrogen) atoms. The van der Waals surface area contributed by atoms with Crippen LogP contribution in [0.25, 0.3) is 22.3 Å². The molecular weight excluding hydrogens is 188 g/mol. The molecule has 0 saturated heterocycles. The Morgan fingerprint density at radius 1 is 1.13 bits per heavy atom. The lowest BCUT2D eigenvalue weighted by molar-refractivity contribution is 1.09. The van der Waals surface area contributed by atoms with Gasteiger partial charge in [0.25, 0.3) is 0 Å². The number of benzene rings is 1. The predicted molar refractivity (Wildman–Crippen MR) is 60.3 cm³/mol. The summed E-state index contributed by atoms with van der Waals surface area (Å²) in [5.41, 5.74) is 9.41. The van der Waals surface area contributed by atoms with Crippen LogP contribution in [0.1, 0.15) is 0 Å². The number of nitrogens with zero attached hydrogens (tertiary/aromatic N) is 1. The molecule has 0 atom stereocenters. The predicted octanol–water partition coefficient (Wildman–Crippen LogP) is 2.14. The molecule has 74 valence electrons. The third kappa shape index (κ3) is 1.27. The van der Waals surface area contributed by atoms with Crippen LogP contribution in [0.2, 0.25) is 0 Å². The van der Waals surface area contributed by atoms with E-state index in [1.807, 2.05) is 24.3 Å². The molecular formula is C11H10N4. The number of aromatic nitrogens is 3. The van der Waals surface area contributed by atoms with Crippen molar-refractivity contribution in [2.75, 3.05) is 5.73 Å². The summed E-state index contributed by atoms with van der Waals surface area (Å²) in [6.45, 7) is 0. The second kappa shape index (κ2) is 2.88. The van der Waals surface area contributed by atoms with Crippen LogP contribution in [-0.4, -0.2) is 15.2 Å². The van der Waals surface area contributed by atoms with Crippen molar-refractivity contribution in [1.82, 2.24) is 15.2 Å². The van der Waals surface area contributed by atoms with Crippen molar-refractivity contribution in [3.63, 3.8) is 0 Å². The minimum atomic E-state index is 0.762. The van der Waals surface area contributed by atoms with Gasteiger partial charge in [0.1, 0.15) is 5.69 Å². The third-order valence-corrected chi connectivity index (χ3v) is 2.42. The largest absolute Gasteiger partial charge is 0.399 e. The van der Waals surface area contributed by atoms with Gasteiger partial charge in [-0.1, -0.05) is 6.07 Å². The Balaban J connectivity index is 2.22. The zero-order valence-electron chi connectivity index (χ0n) is 7.99. The van der Waals surface area contributed by atoms with E-state index in [-0.39, 0.29) is 0 Å². The number of aromatic amines is 2. The quantitative estimate of drug-likeness (QED) is 0.524. The summed E-state index contributed by atoms with van der Waals surface area (Å²) in [7, 11) is 0. The molecule has 0 aliphatic carbocycles. The van der Waals surface area contributed by atoms with Gasteiger partial charge in [0.2, 0.25) is 0 Å². The van der Waals surface area contributed by atoms with Gasteiger partial charge >= 0.3 is 0 Å². The standard InChI is InChI=1S/C11H10N4/c12-8-2-1-7-5-11(14-10(7)6-8)9-3-4-13-15-9/h1-6,14H,12H2,(H,13,15). The fourth-order valence-electron chi connectivity index (χ4n) is 1.69. The molecule has 0 unspecified atom stereocenters. The van der Waals surface area contributed by atoms with Gasteiger partial charge < -0.3 is 10.7 Å². The van der Waals surface area contributed by atoms with Gasteiger partial charge in [0.15, 0.2) is 0 Å². The summed E-state index contributed by atoms with van der Waals surface area (Å²) >= 11 is 0. The summed E-state index contributed by atoms with van der Waals surface area (Å²) in [5, 5.41) is 8.05. The first-order valence-electron chi connectivity index (χ1n) is 4.71. The Morgan fingerprint density at radius 3 is 2.87 bits per heavy atom. The lowest BCUT2D eigenvalue weighted by Crippen LogP contribution is -1.82. The number of nitrogens with two attached hydrogens (primary N) is 1. The number of fused-ring (bicyclic) bond motifs is 1. The lowest BCUT2D eigenvalue weighted by atomic mass is 10.2. The van der Waals surface area contributed by atoms with E-state index in [0.717, 1.165) is 28.0 Å². The highest BCUT2D eigenvalue weighted by Gasteiger charge is 2.04. The molecule has 0 bridgehead atoms. The normalized spacial score (nSPS) is 10.9. The fraction of sp³-hybridized carbons (Fsp3) is 0. The van der Waals surface area contributed by atoms with Gasteiger partial charge in [-0.25, -0.2) is 0 Å². The highest BCUT2D eigenvalue weighted by molar-refractivity contribution is 5.87. The number of hydrogen-bond donors (Lipinski definition) is 3. The van der Waals surface area contributed by atoms with Crippen LogP contribution in [0.3, 0.4) is 0 Å². The molecule has 4 heteroatoms. The molecule has 0 spiro atoms. The molecule has 1 aromatic carbocycles. The first-order valence-corrected chi connectivity index (χ1v) is 4.71. The highest BCUT2D eigenvalue weighted by atomic mass is 15.1. The topological polar surface area (TPSA) is 70.5 Å². The Hall–Kier alpha value is -2.23. The lowest BCUT2D eigenvalue weighted by Gasteiger charge is -1.91. The van der Waals surface area contributed by atoms with E-state index >= 15 is 0 Å². The Kier molecular flexibility index (Phi) is 1.56. The Bertz CT molecular complexity index is 592. The van der Waals surface area contributed by atoms with Gasteiger partial charge in [0, 0.05) is 22.8 Å². The van der Waals surface area contributed by atoms with Crippen molar-refractivity contribution in [2.45, 2.75) is 0 Å². The van der Waals surface area contributed by atoms with E-state index in [1.165, 1.54) is 0 Å². The van der Waals surface area contributed by atoms with Gasteiger partial charge in [-0.05, 0) is 24.3 Å². The smallest absolute Gasteiger partial charge is 0.108 e. The molecule has 0 fully saturated rings. The molecule has 0 aliphatic rings. The van der Waals surface area contributed by atoms with Crippen molar-refractivity contribution in [3.8, 4) is 11.4 Å². The maximum absolute atomic E-state index is 5.71. The van der Waals surface area contributed by atoms with Crippen molar-refractivity contribution < 1.29 is 0 Å². The van der Waals surface area contributed by atoms with Crippen LogP contribution >= 0.6 is 0 Å². The maximum atomic E-state index is 5.71. The first-order chi connectivity index (χ1) is 7.33. The number of nitrogen functional groups attached to an aromatic ring is 1. The van der Waals surface area contributed by atoms with Crippen LogP contribution in [-0.2, 0) is 0 Å². The van der Waals surface area contributed by atoms with Gasteiger partial charge in [-0.2, -0.15) is 5.10 Å². The molecule has 4 nitrogen and oxygen atoms in total.